The molecular formula is C9H7N5. The molecular weight excluding hydrogens is 178 g/mol. The number of hydrogen-bond donors (Lipinski definition) is 2. The number of anilines is 1. The number of rotatable bonds is 0. The summed E-state index contributed by atoms with van der Waals surface area (Å²) in [5.41, 5.74) is 7.45. The fraction of sp³-hybridized carbons (Fsp3) is 0. The first-order valence-corrected chi connectivity index (χ1v) is 4.18. The summed E-state index contributed by atoms with van der Waals surface area (Å²) >= 11 is 0. The first-order valence-electron chi connectivity index (χ1n) is 4.18. The molecule has 0 unspecified atom stereocenters. The van der Waals surface area contributed by atoms with E-state index in [1.165, 1.54) is 6.33 Å². The van der Waals surface area contributed by atoms with Crippen LogP contribution in [0.5, 0.6) is 0 Å². The first kappa shape index (κ1) is 7.25. The molecule has 0 spiro atoms. The van der Waals surface area contributed by atoms with Gasteiger partial charge >= 0.3 is 0 Å². The Hall–Kier alpha value is -2.17. The Morgan fingerprint density at radius 3 is 3.14 bits per heavy atom. The van der Waals surface area contributed by atoms with Gasteiger partial charge in [0.25, 0.3) is 0 Å². The van der Waals surface area contributed by atoms with Gasteiger partial charge in [-0.3, -0.25) is 4.98 Å². The molecule has 0 bridgehead atoms. The van der Waals surface area contributed by atoms with Crippen molar-refractivity contribution in [1.82, 2.24) is 19.9 Å². The van der Waals surface area contributed by atoms with Gasteiger partial charge in [-0.1, -0.05) is 0 Å². The number of pyridine rings is 1. The monoisotopic (exact) mass is 185 g/mol. The van der Waals surface area contributed by atoms with Crippen molar-refractivity contribution in [3.05, 3.63) is 24.8 Å². The van der Waals surface area contributed by atoms with E-state index in [2.05, 4.69) is 19.9 Å². The minimum Gasteiger partial charge on any atom is -0.383 e. The minimum absolute atomic E-state index is 0.493. The Kier molecular flexibility index (Phi) is 1.25. The summed E-state index contributed by atoms with van der Waals surface area (Å²) in [7, 11) is 0. The molecule has 3 aromatic rings. The fourth-order valence-corrected chi connectivity index (χ4v) is 1.60. The smallest absolute Gasteiger partial charge is 0.143 e. The molecule has 3 heterocycles. The van der Waals surface area contributed by atoms with E-state index in [-0.39, 0.29) is 0 Å². The highest BCUT2D eigenvalue weighted by molar-refractivity contribution is 6.10. The van der Waals surface area contributed by atoms with Crippen LogP contribution in [-0.2, 0) is 0 Å². The van der Waals surface area contributed by atoms with Gasteiger partial charge in [0.15, 0.2) is 0 Å². The Balaban J connectivity index is 2.65. The number of nitrogen functional groups attached to an aromatic ring is 1. The molecule has 0 radical (unpaired) electrons. The summed E-state index contributed by atoms with van der Waals surface area (Å²) in [5.74, 6) is 0.493. The van der Waals surface area contributed by atoms with Crippen molar-refractivity contribution in [3.8, 4) is 0 Å². The van der Waals surface area contributed by atoms with Crippen LogP contribution in [0.1, 0.15) is 0 Å². The molecule has 0 fully saturated rings. The van der Waals surface area contributed by atoms with Crippen molar-refractivity contribution < 1.29 is 0 Å². The van der Waals surface area contributed by atoms with E-state index in [1.54, 1.807) is 12.4 Å². The van der Waals surface area contributed by atoms with Crippen molar-refractivity contribution in [1.29, 1.82) is 0 Å². The topological polar surface area (TPSA) is 80.5 Å². The standard InChI is InChI=1S/C9H7N5/c10-8-7-5-1-2-11-3-6(5)14-9(7)13-4-12-8/h1-4H,(H3,10,12,13,14). The molecule has 68 valence electrons. The third kappa shape index (κ3) is 0.806. The summed E-state index contributed by atoms with van der Waals surface area (Å²) in [6.45, 7) is 0. The molecule has 0 amide bonds. The average Bonchev–Trinajstić information content (AvgIpc) is 2.57. The molecule has 0 aliphatic carbocycles. The molecule has 3 N–H and O–H groups in total. The van der Waals surface area contributed by atoms with Crippen molar-refractivity contribution in [2.24, 2.45) is 0 Å². The second kappa shape index (κ2) is 2.41. The predicted octanol–water partition coefficient (Wildman–Crippen LogP) is 1.09. The highest BCUT2D eigenvalue weighted by Gasteiger charge is 2.07. The van der Waals surface area contributed by atoms with Gasteiger partial charge in [-0.25, -0.2) is 9.97 Å². The third-order valence-electron chi connectivity index (χ3n) is 2.22. The largest absolute Gasteiger partial charge is 0.383 e. The Morgan fingerprint density at radius 1 is 1.29 bits per heavy atom. The van der Waals surface area contributed by atoms with Crippen molar-refractivity contribution in [3.63, 3.8) is 0 Å². The van der Waals surface area contributed by atoms with Crippen LogP contribution in [0, 0.1) is 0 Å². The molecule has 0 aliphatic rings. The quantitative estimate of drug-likeness (QED) is 0.549. The maximum Gasteiger partial charge on any atom is 0.143 e. The van der Waals surface area contributed by atoms with Gasteiger partial charge in [-0.05, 0) is 6.07 Å². The van der Waals surface area contributed by atoms with E-state index in [1.807, 2.05) is 6.07 Å². The fourth-order valence-electron chi connectivity index (χ4n) is 1.60. The van der Waals surface area contributed by atoms with E-state index >= 15 is 0 Å². The normalized spacial score (nSPS) is 11.1. The molecule has 5 heteroatoms. The van der Waals surface area contributed by atoms with E-state index in [9.17, 15) is 0 Å². The third-order valence-corrected chi connectivity index (χ3v) is 2.22. The van der Waals surface area contributed by atoms with Gasteiger partial charge in [0, 0.05) is 11.6 Å². The predicted molar refractivity (Wildman–Crippen MR) is 53.6 cm³/mol. The minimum atomic E-state index is 0.493. The number of fused-ring (bicyclic) bond motifs is 3. The van der Waals surface area contributed by atoms with Crippen LogP contribution in [-0.4, -0.2) is 19.9 Å². The Bertz CT molecular complexity index is 613. The van der Waals surface area contributed by atoms with E-state index in [4.69, 9.17) is 5.73 Å². The molecule has 0 aliphatic heterocycles. The summed E-state index contributed by atoms with van der Waals surface area (Å²) in [6.07, 6.45) is 4.92. The first-order chi connectivity index (χ1) is 6.86. The van der Waals surface area contributed by atoms with Gasteiger partial charge in [-0.2, -0.15) is 0 Å². The number of nitrogens with zero attached hydrogens (tertiary/aromatic N) is 3. The summed E-state index contributed by atoms with van der Waals surface area (Å²) in [5, 5.41) is 1.87. The van der Waals surface area contributed by atoms with Crippen LogP contribution in [0.25, 0.3) is 21.9 Å². The van der Waals surface area contributed by atoms with E-state index in [0.717, 1.165) is 21.9 Å². The second-order valence-corrected chi connectivity index (χ2v) is 3.03. The van der Waals surface area contributed by atoms with Crippen molar-refractivity contribution in [2.45, 2.75) is 0 Å². The maximum atomic E-state index is 5.78. The molecule has 5 nitrogen and oxygen atoms in total. The van der Waals surface area contributed by atoms with Crippen LogP contribution in [0.3, 0.4) is 0 Å². The van der Waals surface area contributed by atoms with Crippen molar-refractivity contribution in [2.75, 3.05) is 5.73 Å². The number of nitrogens with one attached hydrogen (secondary N) is 1. The number of aromatic nitrogens is 4. The summed E-state index contributed by atoms with van der Waals surface area (Å²) in [4.78, 5) is 15.2. The highest BCUT2D eigenvalue weighted by Crippen LogP contribution is 2.25. The SMILES string of the molecule is Nc1ncnc2[nH]c3cnccc3c12. The number of hydrogen-bond acceptors (Lipinski definition) is 4. The Morgan fingerprint density at radius 2 is 2.21 bits per heavy atom. The second-order valence-electron chi connectivity index (χ2n) is 3.03. The molecule has 14 heavy (non-hydrogen) atoms. The summed E-state index contributed by atoms with van der Waals surface area (Å²) < 4.78 is 0. The van der Waals surface area contributed by atoms with Crippen LogP contribution < -0.4 is 5.73 Å². The van der Waals surface area contributed by atoms with Crippen LogP contribution in [0.4, 0.5) is 5.82 Å². The zero-order chi connectivity index (χ0) is 9.54. The van der Waals surface area contributed by atoms with Gasteiger partial charge in [0.1, 0.15) is 17.8 Å². The molecule has 3 aromatic heterocycles. The zero-order valence-corrected chi connectivity index (χ0v) is 7.23. The summed E-state index contributed by atoms with van der Waals surface area (Å²) in [6, 6.07) is 1.90. The number of nitrogens with two attached hydrogens (primary N) is 1. The molecule has 0 saturated heterocycles. The highest BCUT2D eigenvalue weighted by atomic mass is 15.0. The van der Waals surface area contributed by atoms with E-state index in [0.29, 0.717) is 5.82 Å². The molecule has 0 aromatic carbocycles. The van der Waals surface area contributed by atoms with Crippen LogP contribution >= 0.6 is 0 Å². The van der Waals surface area contributed by atoms with Gasteiger partial charge in [0.2, 0.25) is 0 Å². The lowest BCUT2D eigenvalue weighted by Crippen LogP contribution is -1.91. The molecule has 0 atom stereocenters. The zero-order valence-electron chi connectivity index (χ0n) is 7.23. The average molecular weight is 185 g/mol. The number of aromatic amines is 1. The van der Waals surface area contributed by atoms with Crippen LogP contribution in [0.2, 0.25) is 0 Å². The maximum absolute atomic E-state index is 5.78. The van der Waals surface area contributed by atoms with E-state index < -0.39 is 0 Å². The van der Waals surface area contributed by atoms with Gasteiger partial charge in [0.05, 0.1) is 17.1 Å². The van der Waals surface area contributed by atoms with Crippen LogP contribution in [0.15, 0.2) is 24.8 Å². The van der Waals surface area contributed by atoms with Crippen molar-refractivity contribution >= 4 is 27.8 Å². The van der Waals surface area contributed by atoms with Gasteiger partial charge in [-0.15, -0.1) is 0 Å². The lowest BCUT2D eigenvalue weighted by atomic mass is 10.2. The lowest BCUT2D eigenvalue weighted by molar-refractivity contribution is 1.21. The molecule has 0 saturated carbocycles. The van der Waals surface area contributed by atoms with Gasteiger partial charge < -0.3 is 10.7 Å². The molecule has 3 rings (SSSR count). The number of H-pyrrole nitrogens is 1. The Labute approximate surface area is 79.0 Å². The lowest BCUT2D eigenvalue weighted by Gasteiger charge is -1.93.